The van der Waals surface area contributed by atoms with E-state index in [4.69, 9.17) is 0 Å². The van der Waals surface area contributed by atoms with Crippen LogP contribution in [0.4, 0.5) is 0 Å². The van der Waals surface area contributed by atoms with Crippen LogP contribution < -0.4 is 5.32 Å². The molecule has 4 rings (SSSR count). The molecule has 2 aliphatic heterocycles. The van der Waals surface area contributed by atoms with E-state index >= 15 is 0 Å². The molecule has 2 amide bonds. The van der Waals surface area contributed by atoms with E-state index < -0.39 is 0 Å². The maximum Gasteiger partial charge on any atom is 0.253 e. The lowest BCUT2D eigenvalue weighted by molar-refractivity contribution is -0.129. The lowest BCUT2D eigenvalue weighted by Gasteiger charge is -2.32. The first-order chi connectivity index (χ1) is 13.0. The van der Waals surface area contributed by atoms with Crippen molar-refractivity contribution < 1.29 is 9.59 Å². The average Bonchev–Trinajstić information content (AvgIpc) is 3.19. The molecule has 0 bridgehead atoms. The highest BCUT2D eigenvalue weighted by atomic mass is 16.2. The molecule has 0 aliphatic carbocycles. The predicted molar refractivity (Wildman–Crippen MR) is 106 cm³/mol. The fourth-order valence-electron chi connectivity index (χ4n) is 4.44. The first-order valence-electron chi connectivity index (χ1n) is 9.87. The number of nitrogens with zero attached hydrogens (tertiary/aromatic N) is 3. The van der Waals surface area contributed by atoms with Crippen molar-refractivity contribution in [1.29, 1.82) is 0 Å². The first-order valence-corrected chi connectivity index (χ1v) is 9.87. The summed E-state index contributed by atoms with van der Waals surface area (Å²) in [5.41, 5.74) is 1.78. The van der Waals surface area contributed by atoms with Gasteiger partial charge < -0.3 is 19.7 Å². The number of nitrogens with one attached hydrogen (secondary N) is 1. The molecule has 0 saturated carbocycles. The van der Waals surface area contributed by atoms with Crippen LogP contribution in [-0.2, 0) is 11.3 Å². The fourth-order valence-corrected chi connectivity index (χ4v) is 4.44. The maximum atomic E-state index is 13.1. The van der Waals surface area contributed by atoms with Gasteiger partial charge in [0.25, 0.3) is 5.91 Å². The number of carbonyl (C=O) groups excluding carboxylic acids is 2. The summed E-state index contributed by atoms with van der Waals surface area (Å²) in [4.78, 5) is 29.5. The molecule has 2 aliphatic rings. The van der Waals surface area contributed by atoms with E-state index in [2.05, 4.69) is 20.9 Å². The van der Waals surface area contributed by atoms with E-state index in [1.807, 2.05) is 43.4 Å². The number of hydrogen-bond donors (Lipinski definition) is 1. The molecule has 6 nitrogen and oxygen atoms in total. The van der Waals surface area contributed by atoms with Crippen LogP contribution in [0, 0.1) is 0 Å². The molecular weight excluding hydrogens is 340 g/mol. The van der Waals surface area contributed by atoms with Crippen LogP contribution in [0.2, 0.25) is 0 Å². The zero-order chi connectivity index (χ0) is 19.0. The highest BCUT2D eigenvalue weighted by molar-refractivity contribution is 6.07. The number of fused-ring (bicyclic) bond motifs is 2. The van der Waals surface area contributed by atoms with E-state index in [1.54, 1.807) is 0 Å². The Hall–Kier alpha value is -2.34. The van der Waals surface area contributed by atoms with Gasteiger partial charge in [-0.3, -0.25) is 9.59 Å². The molecule has 2 unspecified atom stereocenters. The normalized spacial score (nSPS) is 22.5. The molecule has 0 radical (unpaired) electrons. The minimum absolute atomic E-state index is 0.0694. The van der Waals surface area contributed by atoms with Gasteiger partial charge in [0.1, 0.15) is 0 Å². The smallest absolute Gasteiger partial charge is 0.253 e. The Balaban J connectivity index is 1.57. The highest BCUT2D eigenvalue weighted by Gasteiger charge is 2.41. The van der Waals surface area contributed by atoms with E-state index in [0.29, 0.717) is 12.0 Å². The Morgan fingerprint density at radius 1 is 1.26 bits per heavy atom. The van der Waals surface area contributed by atoms with Crippen molar-refractivity contribution in [2.75, 3.05) is 27.2 Å². The second-order valence-corrected chi connectivity index (χ2v) is 7.99. The first kappa shape index (κ1) is 18.0. The second-order valence-electron chi connectivity index (χ2n) is 7.99. The molecule has 2 atom stereocenters. The molecule has 1 aromatic carbocycles. The monoisotopic (exact) mass is 368 g/mol. The zero-order valence-electron chi connectivity index (χ0n) is 16.1. The van der Waals surface area contributed by atoms with E-state index in [0.717, 1.165) is 49.8 Å². The van der Waals surface area contributed by atoms with Crippen molar-refractivity contribution in [3.8, 4) is 0 Å². The summed E-state index contributed by atoms with van der Waals surface area (Å²) < 4.78 is 2.15. The zero-order valence-corrected chi connectivity index (χ0v) is 16.1. The second kappa shape index (κ2) is 7.35. The molecule has 3 heterocycles. The van der Waals surface area contributed by atoms with Crippen molar-refractivity contribution in [2.24, 2.45) is 0 Å². The average molecular weight is 368 g/mol. The Morgan fingerprint density at radius 2 is 2.07 bits per heavy atom. The Bertz CT molecular complexity index is 857. The molecule has 0 spiro atoms. The Labute approximate surface area is 160 Å². The van der Waals surface area contributed by atoms with E-state index in [1.165, 1.54) is 0 Å². The van der Waals surface area contributed by atoms with Crippen LogP contribution in [0.15, 0.2) is 30.5 Å². The molecule has 2 fully saturated rings. The molecule has 27 heavy (non-hydrogen) atoms. The number of para-hydroxylation sites is 1. The summed E-state index contributed by atoms with van der Waals surface area (Å²) in [7, 11) is 4.10. The number of piperidine rings is 1. The molecule has 2 saturated heterocycles. The van der Waals surface area contributed by atoms with Gasteiger partial charge in [-0.1, -0.05) is 18.2 Å². The Morgan fingerprint density at radius 3 is 2.89 bits per heavy atom. The lowest BCUT2D eigenvalue weighted by atomic mass is 9.99. The molecule has 144 valence electrons. The SMILES string of the molecule is CN(C)CCn1cc(C(=O)NC2CC(=O)N3CCCCC23)c2ccccc21. The van der Waals surface area contributed by atoms with Crippen molar-refractivity contribution in [2.45, 2.75) is 44.3 Å². The van der Waals surface area contributed by atoms with Gasteiger partial charge in [0, 0.05) is 43.2 Å². The van der Waals surface area contributed by atoms with Gasteiger partial charge in [0.2, 0.25) is 5.91 Å². The van der Waals surface area contributed by atoms with Crippen LogP contribution in [0.25, 0.3) is 10.9 Å². The number of rotatable bonds is 5. The third-order valence-corrected chi connectivity index (χ3v) is 5.87. The van der Waals surface area contributed by atoms with Crippen molar-refractivity contribution in [3.63, 3.8) is 0 Å². The van der Waals surface area contributed by atoms with Crippen LogP contribution in [0.5, 0.6) is 0 Å². The highest BCUT2D eigenvalue weighted by Crippen LogP contribution is 2.29. The van der Waals surface area contributed by atoms with Crippen molar-refractivity contribution in [3.05, 3.63) is 36.0 Å². The number of amides is 2. The topological polar surface area (TPSA) is 57.6 Å². The van der Waals surface area contributed by atoms with Crippen LogP contribution in [0.3, 0.4) is 0 Å². The molecule has 1 N–H and O–H groups in total. The third kappa shape index (κ3) is 3.46. The number of benzene rings is 1. The van der Waals surface area contributed by atoms with Gasteiger partial charge >= 0.3 is 0 Å². The minimum atomic E-state index is -0.0748. The standard InChI is InChI=1S/C21H28N4O2/c1-23(2)11-12-24-14-16(15-7-3-4-8-18(15)24)21(27)22-17-13-20(26)25-10-6-5-9-19(17)25/h3-4,7-8,14,17,19H,5-6,9-13H2,1-2H3,(H,22,27). The lowest BCUT2D eigenvalue weighted by Crippen LogP contribution is -2.47. The van der Waals surface area contributed by atoms with Crippen LogP contribution in [-0.4, -0.2) is 65.4 Å². The summed E-state index contributed by atoms with van der Waals surface area (Å²) in [6, 6.07) is 8.13. The largest absolute Gasteiger partial charge is 0.347 e. The summed E-state index contributed by atoms with van der Waals surface area (Å²) in [5, 5.41) is 4.14. The van der Waals surface area contributed by atoms with Crippen LogP contribution >= 0.6 is 0 Å². The van der Waals surface area contributed by atoms with Gasteiger partial charge in [-0.25, -0.2) is 0 Å². The molecule has 6 heteroatoms. The van der Waals surface area contributed by atoms with Gasteiger partial charge in [-0.05, 0) is 39.4 Å². The third-order valence-electron chi connectivity index (χ3n) is 5.87. The summed E-state index contributed by atoms with van der Waals surface area (Å²) in [5.74, 6) is 0.110. The minimum Gasteiger partial charge on any atom is -0.347 e. The van der Waals surface area contributed by atoms with Gasteiger partial charge in [-0.2, -0.15) is 0 Å². The Kier molecular flexibility index (Phi) is 4.91. The van der Waals surface area contributed by atoms with Gasteiger partial charge in [0.15, 0.2) is 0 Å². The molecular formula is C21H28N4O2. The van der Waals surface area contributed by atoms with Crippen molar-refractivity contribution >= 4 is 22.7 Å². The summed E-state index contributed by atoms with van der Waals surface area (Å²) >= 11 is 0. The summed E-state index contributed by atoms with van der Waals surface area (Å²) in [6.45, 7) is 2.58. The fraction of sp³-hybridized carbons (Fsp3) is 0.524. The summed E-state index contributed by atoms with van der Waals surface area (Å²) in [6.07, 6.45) is 5.57. The van der Waals surface area contributed by atoms with E-state index in [-0.39, 0.29) is 23.9 Å². The van der Waals surface area contributed by atoms with E-state index in [9.17, 15) is 9.59 Å². The molecule has 1 aromatic heterocycles. The van der Waals surface area contributed by atoms with Crippen molar-refractivity contribution in [1.82, 2.24) is 19.7 Å². The number of likely N-dealkylation sites (N-methyl/N-ethyl adjacent to an activating group) is 1. The number of hydrogen-bond acceptors (Lipinski definition) is 3. The number of aromatic nitrogens is 1. The van der Waals surface area contributed by atoms with Crippen LogP contribution in [0.1, 0.15) is 36.0 Å². The molecule has 2 aromatic rings. The van der Waals surface area contributed by atoms with Gasteiger partial charge in [0.05, 0.1) is 17.6 Å². The predicted octanol–water partition coefficient (Wildman–Crippen LogP) is 2.09. The quantitative estimate of drug-likeness (QED) is 0.879. The van der Waals surface area contributed by atoms with Gasteiger partial charge in [-0.15, -0.1) is 0 Å². The maximum absolute atomic E-state index is 13.1. The number of carbonyl (C=O) groups is 2.